The normalized spacial score (nSPS) is 14.9. The van der Waals surface area contributed by atoms with Crippen molar-refractivity contribution in [2.24, 2.45) is 0 Å². The van der Waals surface area contributed by atoms with Crippen molar-refractivity contribution in [3.8, 4) is 33.4 Å². The van der Waals surface area contributed by atoms with Gasteiger partial charge in [0, 0.05) is 50.4 Å². The predicted octanol–water partition coefficient (Wildman–Crippen LogP) is 21.6. The molecule has 2 nitrogen and oxygen atoms in total. The number of hydrogen-bond donors (Lipinski definition) is 0. The SMILES string of the molecule is Cc1ccc(N(c2ccc([Si](C)(C)C)cc2)c2ccc3c(c2)C(C)(C)c2cc(C=Cc4ccc5c(c4)C(C)(C)c4cc(C=Cc6ccc7c(c6)C(C)(C)c6cc(N(c8ccc(C)cc8)c8ccc([Si](C)(C)C)cc8)ccc6-7)ccc4-5)ccc2-3)cc1. The molecule has 0 N–H and O–H groups in total. The highest BCUT2D eigenvalue weighted by Crippen LogP contribution is 2.54. The van der Waals surface area contributed by atoms with Crippen LogP contribution in [0, 0.1) is 13.8 Å². The molecule has 3 aliphatic rings. The van der Waals surface area contributed by atoms with Crippen molar-refractivity contribution in [3.63, 3.8) is 0 Å². The first kappa shape index (κ1) is 55.9. The molecule has 0 atom stereocenters. The molecule has 13 rings (SSSR count). The van der Waals surface area contributed by atoms with E-state index in [-0.39, 0.29) is 16.2 Å². The van der Waals surface area contributed by atoms with E-state index in [4.69, 9.17) is 0 Å². The van der Waals surface area contributed by atoms with Gasteiger partial charge in [-0.05, 0) is 176 Å². The van der Waals surface area contributed by atoms with Crippen molar-refractivity contribution >= 4 is 84.9 Å². The molecule has 0 aromatic heterocycles. The fraction of sp³-hybridized carbons (Fsp3) is 0.210. The lowest BCUT2D eigenvalue weighted by atomic mass is 9.81. The fourth-order valence-corrected chi connectivity index (χ4v) is 16.2. The van der Waals surface area contributed by atoms with Crippen LogP contribution in [-0.2, 0) is 16.2 Å². The van der Waals surface area contributed by atoms with Gasteiger partial charge in [0.1, 0.15) is 0 Å². The van der Waals surface area contributed by atoms with Crippen LogP contribution in [0.2, 0.25) is 39.3 Å². The van der Waals surface area contributed by atoms with E-state index in [2.05, 4.69) is 335 Å². The van der Waals surface area contributed by atoms with E-state index in [1.807, 2.05) is 0 Å². The highest BCUT2D eigenvalue weighted by molar-refractivity contribution is 6.89. The average molecular weight is 1140 g/mol. The van der Waals surface area contributed by atoms with Gasteiger partial charge in [0.05, 0.1) is 16.1 Å². The van der Waals surface area contributed by atoms with Gasteiger partial charge >= 0.3 is 0 Å². The molecule has 422 valence electrons. The zero-order valence-corrected chi connectivity index (χ0v) is 54.3. The Bertz CT molecular complexity index is 4050. The van der Waals surface area contributed by atoms with Crippen LogP contribution in [0.25, 0.3) is 57.7 Å². The van der Waals surface area contributed by atoms with E-state index in [0.29, 0.717) is 0 Å². The summed E-state index contributed by atoms with van der Waals surface area (Å²) in [5.74, 6) is 0. The Kier molecular flexibility index (Phi) is 13.5. The molecule has 4 heteroatoms. The van der Waals surface area contributed by atoms with Gasteiger partial charge in [-0.1, -0.05) is 260 Å². The van der Waals surface area contributed by atoms with Crippen LogP contribution in [0.3, 0.4) is 0 Å². The average Bonchev–Trinajstić information content (AvgIpc) is 1.92. The molecule has 3 aliphatic carbocycles. The number of anilines is 6. The number of nitrogens with zero attached hydrogens (tertiary/aromatic N) is 2. The van der Waals surface area contributed by atoms with Crippen molar-refractivity contribution in [2.75, 3.05) is 9.80 Å². The molecule has 10 aromatic carbocycles. The van der Waals surface area contributed by atoms with Crippen LogP contribution < -0.4 is 20.2 Å². The van der Waals surface area contributed by atoms with Crippen LogP contribution in [0.5, 0.6) is 0 Å². The van der Waals surface area contributed by atoms with E-state index in [1.54, 1.807) is 0 Å². The number of rotatable bonds is 12. The largest absolute Gasteiger partial charge is 0.310 e. The molecular formula is C81H80N2Si2. The molecule has 0 spiro atoms. The lowest BCUT2D eigenvalue weighted by Crippen LogP contribution is -2.37. The van der Waals surface area contributed by atoms with Crippen molar-refractivity contribution in [2.45, 2.75) is 111 Å². The summed E-state index contributed by atoms with van der Waals surface area (Å²) in [6.45, 7) is 33.2. The number of benzene rings is 10. The highest BCUT2D eigenvalue weighted by Gasteiger charge is 2.39. The summed E-state index contributed by atoms with van der Waals surface area (Å²) < 4.78 is 0. The molecule has 0 aliphatic heterocycles. The maximum absolute atomic E-state index is 2.44. The molecule has 0 saturated carbocycles. The minimum Gasteiger partial charge on any atom is -0.310 e. The number of fused-ring (bicyclic) bond motifs is 9. The zero-order valence-electron chi connectivity index (χ0n) is 52.3. The number of hydrogen-bond acceptors (Lipinski definition) is 2. The Morgan fingerprint density at radius 3 is 0.718 bits per heavy atom. The third kappa shape index (κ3) is 9.91. The Morgan fingerprint density at radius 2 is 0.471 bits per heavy atom. The second-order valence-corrected chi connectivity index (χ2v) is 38.3. The summed E-state index contributed by atoms with van der Waals surface area (Å²) in [5, 5.41) is 2.94. The Labute approximate surface area is 508 Å². The molecule has 0 bridgehead atoms. The summed E-state index contributed by atoms with van der Waals surface area (Å²) in [4.78, 5) is 4.85. The van der Waals surface area contributed by atoms with E-state index in [1.165, 1.54) is 145 Å². The van der Waals surface area contributed by atoms with Crippen LogP contribution in [-0.4, -0.2) is 16.1 Å². The summed E-state index contributed by atoms with van der Waals surface area (Å²) in [5.41, 5.74) is 30.2. The summed E-state index contributed by atoms with van der Waals surface area (Å²) in [7, 11) is -2.89. The van der Waals surface area contributed by atoms with Gasteiger partial charge in [-0.25, -0.2) is 0 Å². The van der Waals surface area contributed by atoms with Gasteiger partial charge in [-0.2, -0.15) is 0 Å². The third-order valence-corrected chi connectivity index (χ3v) is 23.2. The second kappa shape index (κ2) is 20.5. The zero-order chi connectivity index (χ0) is 59.5. The van der Waals surface area contributed by atoms with Gasteiger partial charge in [-0.3, -0.25) is 0 Å². The van der Waals surface area contributed by atoms with Crippen molar-refractivity contribution in [1.82, 2.24) is 0 Å². The van der Waals surface area contributed by atoms with E-state index in [9.17, 15) is 0 Å². The first-order chi connectivity index (χ1) is 40.4. The molecule has 0 unspecified atom stereocenters. The second-order valence-electron chi connectivity index (χ2n) is 28.2. The fourth-order valence-electron chi connectivity index (χ4n) is 13.8. The smallest absolute Gasteiger partial charge is 0.0775 e. The quantitative estimate of drug-likeness (QED) is 0.0889. The molecule has 0 amide bonds. The van der Waals surface area contributed by atoms with Gasteiger partial charge < -0.3 is 9.80 Å². The van der Waals surface area contributed by atoms with Gasteiger partial charge in [0.25, 0.3) is 0 Å². The van der Waals surface area contributed by atoms with E-state index < -0.39 is 16.1 Å². The van der Waals surface area contributed by atoms with E-state index >= 15 is 0 Å². The Balaban J connectivity index is 0.725. The van der Waals surface area contributed by atoms with Crippen molar-refractivity contribution in [3.05, 3.63) is 273 Å². The Morgan fingerprint density at radius 1 is 0.259 bits per heavy atom. The third-order valence-electron chi connectivity index (χ3n) is 19.1. The maximum Gasteiger partial charge on any atom is 0.0775 e. The molecule has 0 fully saturated rings. The molecule has 0 heterocycles. The van der Waals surface area contributed by atoms with Gasteiger partial charge in [-0.15, -0.1) is 0 Å². The Hall–Kier alpha value is -8.29. The molecule has 85 heavy (non-hydrogen) atoms. The predicted molar refractivity (Wildman–Crippen MR) is 375 cm³/mol. The molecule has 10 aromatic rings. The standard InChI is InChI=1S/C81H80N2Si2/c1-53-15-27-59(28-16-53)82(61-31-37-65(38-32-61)84(9,10)11)63-35-45-71-69-43-25-57(49-75(69)80(5,6)77(71)51-63)21-19-55-23-41-67-68-42-24-56(48-74(68)79(3,4)73(67)47-55)20-22-58-26-44-70-72-46-36-64(52-78(72)81(7,8)76(70)50-58)83(60-29-17-54(2)18-30-60)62-33-39-66(40-34-62)85(12,13)14/h15-52H,1-14H3. The maximum atomic E-state index is 2.44. The summed E-state index contributed by atoms with van der Waals surface area (Å²) >= 11 is 0. The van der Waals surface area contributed by atoms with Gasteiger partial charge in [0.15, 0.2) is 0 Å². The topological polar surface area (TPSA) is 6.48 Å². The van der Waals surface area contributed by atoms with E-state index in [0.717, 1.165) is 0 Å². The first-order valence-electron chi connectivity index (χ1n) is 30.6. The minimum atomic E-state index is -1.44. The summed E-state index contributed by atoms with van der Waals surface area (Å²) in [6.07, 6.45) is 9.22. The molecule has 0 saturated heterocycles. The van der Waals surface area contributed by atoms with Crippen LogP contribution in [0.4, 0.5) is 34.1 Å². The summed E-state index contributed by atoms with van der Waals surface area (Å²) in [6, 6.07) is 79.0. The lowest BCUT2D eigenvalue weighted by Gasteiger charge is -2.29. The lowest BCUT2D eigenvalue weighted by molar-refractivity contribution is 0.660. The minimum absolute atomic E-state index is 0.151. The van der Waals surface area contributed by atoms with Crippen molar-refractivity contribution < 1.29 is 0 Å². The van der Waals surface area contributed by atoms with Crippen molar-refractivity contribution in [1.29, 1.82) is 0 Å². The van der Waals surface area contributed by atoms with Crippen LogP contribution in [0.15, 0.2) is 206 Å². The van der Waals surface area contributed by atoms with Crippen LogP contribution in [0.1, 0.15) is 108 Å². The highest BCUT2D eigenvalue weighted by atomic mass is 28.3. The number of aryl methyl sites for hydroxylation is 2. The van der Waals surface area contributed by atoms with Crippen LogP contribution >= 0.6 is 0 Å². The first-order valence-corrected chi connectivity index (χ1v) is 37.6. The molecule has 0 radical (unpaired) electrons. The molecular weight excluding hydrogens is 1060 g/mol. The van der Waals surface area contributed by atoms with Gasteiger partial charge in [0.2, 0.25) is 0 Å². The monoisotopic (exact) mass is 1140 g/mol.